The zero-order chi connectivity index (χ0) is 19.2. The lowest BCUT2D eigenvalue weighted by Gasteiger charge is -2.22. The van der Waals surface area contributed by atoms with Crippen LogP contribution < -0.4 is 10.6 Å². The number of hydrogen-bond donors (Lipinski definition) is 2. The smallest absolute Gasteiger partial charge is 0.191 e. The minimum Gasteiger partial charge on any atom is -0.373 e. The number of halogens is 1. The van der Waals surface area contributed by atoms with Crippen LogP contribution in [0.5, 0.6) is 0 Å². The number of aliphatic imine (C=N–C) groups is 1. The van der Waals surface area contributed by atoms with Crippen molar-refractivity contribution < 1.29 is 9.47 Å². The normalized spacial score (nSPS) is 22.9. The minimum absolute atomic E-state index is 0. The van der Waals surface area contributed by atoms with Gasteiger partial charge in [0.15, 0.2) is 5.96 Å². The van der Waals surface area contributed by atoms with E-state index < -0.39 is 0 Å². The van der Waals surface area contributed by atoms with Crippen LogP contribution in [0.2, 0.25) is 0 Å². The lowest BCUT2D eigenvalue weighted by Crippen LogP contribution is -2.47. The Kier molecular flexibility index (Phi) is 8.32. The van der Waals surface area contributed by atoms with Crippen LogP contribution in [-0.2, 0) is 29.2 Å². The summed E-state index contributed by atoms with van der Waals surface area (Å²) in [4.78, 5) is 4.36. The predicted molar refractivity (Wildman–Crippen MR) is 126 cm³/mol. The number of hydrogen-bond acceptors (Lipinski definition) is 3. The van der Waals surface area contributed by atoms with Gasteiger partial charge in [0.25, 0.3) is 0 Å². The molecule has 0 radical (unpaired) electrons. The van der Waals surface area contributed by atoms with Crippen LogP contribution in [0, 0.1) is 0 Å². The number of nitrogens with zero attached hydrogens (tertiary/aromatic N) is 1. The maximum atomic E-state index is 5.91. The number of fused-ring (bicyclic) bond motifs is 2. The molecule has 2 aromatic carbocycles. The number of ether oxygens (including phenoxy) is 2. The fraction of sp³-hybridized carbons (Fsp3) is 0.435. The van der Waals surface area contributed by atoms with Gasteiger partial charge in [0.2, 0.25) is 0 Å². The number of guanidine groups is 1. The van der Waals surface area contributed by atoms with E-state index in [4.69, 9.17) is 9.47 Å². The third kappa shape index (κ3) is 6.17. The molecule has 5 nitrogen and oxygen atoms in total. The summed E-state index contributed by atoms with van der Waals surface area (Å²) in [5.41, 5.74) is 3.60. The van der Waals surface area contributed by atoms with E-state index in [0.717, 1.165) is 25.3 Å². The standard InChI is InChI=1S/C23H29N3O2.HI/c1-24-23(26-21-13-20-11-12-22(21)28-20)25-14-17-7-9-19(10-8-17)16-27-15-18-5-3-2-4-6-18;/h2-10,20-22H,11-16H2,1H3,(H2,24,25,26);1H. The highest BCUT2D eigenvalue weighted by molar-refractivity contribution is 14.0. The first-order valence-corrected chi connectivity index (χ1v) is 10.1. The van der Waals surface area contributed by atoms with Crippen LogP contribution in [0.1, 0.15) is 36.0 Å². The van der Waals surface area contributed by atoms with Gasteiger partial charge < -0.3 is 20.1 Å². The fourth-order valence-electron chi connectivity index (χ4n) is 3.96. The first-order valence-electron chi connectivity index (χ1n) is 10.1. The van der Waals surface area contributed by atoms with Crippen molar-refractivity contribution in [2.45, 2.75) is 57.3 Å². The van der Waals surface area contributed by atoms with E-state index in [2.05, 4.69) is 52.0 Å². The maximum Gasteiger partial charge on any atom is 0.191 e. The molecule has 2 bridgehead atoms. The highest BCUT2D eigenvalue weighted by Crippen LogP contribution is 2.34. The van der Waals surface area contributed by atoms with E-state index in [0.29, 0.717) is 31.5 Å². The Labute approximate surface area is 190 Å². The van der Waals surface area contributed by atoms with Gasteiger partial charge in [-0.3, -0.25) is 4.99 Å². The first-order chi connectivity index (χ1) is 13.8. The molecule has 0 spiro atoms. The molecule has 156 valence electrons. The molecule has 2 aliphatic heterocycles. The summed E-state index contributed by atoms with van der Waals surface area (Å²) in [5, 5.41) is 6.92. The largest absolute Gasteiger partial charge is 0.373 e. The third-order valence-electron chi connectivity index (χ3n) is 5.51. The number of nitrogens with one attached hydrogen (secondary N) is 2. The van der Waals surface area contributed by atoms with Crippen LogP contribution in [-0.4, -0.2) is 31.3 Å². The molecule has 2 fully saturated rings. The second-order valence-electron chi connectivity index (χ2n) is 7.58. The monoisotopic (exact) mass is 507 g/mol. The van der Waals surface area contributed by atoms with Crippen LogP contribution in [0.4, 0.5) is 0 Å². The summed E-state index contributed by atoms with van der Waals surface area (Å²) in [6.45, 7) is 2.00. The Hall–Kier alpha value is -1.64. The molecule has 29 heavy (non-hydrogen) atoms. The van der Waals surface area contributed by atoms with Gasteiger partial charge in [-0.2, -0.15) is 0 Å². The SMILES string of the molecule is CN=C(NCc1ccc(COCc2ccccc2)cc1)NC1CC2CCC1O2.I. The minimum atomic E-state index is 0. The second kappa shape index (κ2) is 10.9. The third-order valence-corrected chi connectivity index (χ3v) is 5.51. The van der Waals surface area contributed by atoms with Crippen molar-refractivity contribution in [2.24, 2.45) is 4.99 Å². The van der Waals surface area contributed by atoms with Gasteiger partial charge in [-0.25, -0.2) is 0 Å². The van der Waals surface area contributed by atoms with Crippen LogP contribution in [0.25, 0.3) is 0 Å². The van der Waals surface area contributed by atoms with Gasteiger partial charge in [-0.15, -0.1) is 24.0 Å². The van der Waals surface area contributed by atoms with Crippen molar-refractivity contribution in [1.29, 1.82) is 0 Å². The summed E-state index contributed by atoms with van der Waals surface area (Å²) in [5.74, 6) is 0.844. The van der Waals surface area contributed by atoms with Gasteiger partial charge in [0.1, 0.15) is 0 Å². The van der Waals surface area contributed by atoms with Crippen molar-refractivity contribution in [1.82, 2.24) is 10.6 Å². The van der Waals surface area contributed by atoms with Crippen molar-refractivity contribution in [3.8, 4) is 0 Å². The summed E-state index contributed by atoms with van der Waals surface area (Å²) in [6.07, 6.45) is 4.24. The zero-order valence-corrected chi connectivity index (χ0v) is 19.2. The Morgan fingerprint density at radius 3 is 2.31 bits per heavy atom. The highest BCUT2D eigenvalue weighted by atomic mass is 127. The molecular weight excluding hydrogens is 477 g/mol. The molecule has 2 saturated heterocycles. The summed E-state index contributed by atoms with van der Waals surface area (Å²) >= 11 is 0. The van der Waals surface area contributed by atoms with Gasteiger partial charge in [-0.1, -0.05) is 54.6 Å². The summed E-state index contributed by atoms with van der Waals surface area (Å²) < 4.78 is 11.7. The average Bonchev–Trinajstić information content (AvgIpc) is 3.36. The van der Waals surface area contributed by atoms with Crippen molar-refractivity contribution in [3.63, 3.8) is 0 Å². The van der Waals surface area contributed by atoms with E-state index >= 15 is 0 Å². The lowest BCUT2D eigenvalue weighted by molar-refractivity contribution is 0.0992. The molecule has 2 heterocycles. The van der Waals surface area contributed by atoms with Gasteiger partial charge in [0, 0.05) is 13.6 Å². The van der Waals surface area contributed by atoms with E-state index in [1.807, 2.05) is 25.2 Å². The van der Waals surface area contributed by atoms with E-state index in [9.17, 15) is 0 Å². The average molecular weight is 507 g/mol. The van der Waals surface area contributed by atoms with E-state index in [1.165, 1.54) is 23.1 Å². The van der Waals surface area contributed by atoms with E-state index in [1.54, 1.807) is 0 Å². The molecule has 0 amide bonds. The lowest BCUT2D eigenvalue weighted by atomic mass is 9.96. The molecule has 6 heteroatoms. The maximum absolute atomic E-state index is 5.91. The van der Waals surface area contributed by atoms with Crippen molar-refractivity contribution in [3.05, 3.63) is 71.3 Å². The molecule has 3 atom stereocenters. The topological polar surface area (TPSA) is 54.9 Å². The van der Waals surface area contributed by atoms with Crippen LogP contribution in [0.3, 0.4) is 0 Å². The molecule has 2 aromatic rings. The molecule has 3 unspecified atom stereocenters. The molecule has 2 N–H and O–H groups in total. The van der Waals surface area contributed by atoms with Gasteiger partial charge in [0.05, 0.1) is 31.5 Å². The Bertz CT molecular complexity index is 782. The zero-order valence-electron chi connectivity index (χ0n) is 16.8. The molecule has 0 saturated carbocycles. The quantitative estimate of drug-likeness (QED) is 0.338. The molecule has 0 aromatic heterocycles. The first kappa shape index (κ1) is 22.1. The van der Waals surface area contributed by atoms with E-state index in [-0.39, 0.29) is 24.0 Å². The highest BCUT2D eigenvalue weighted by Gasteiger charge is 2.41. The molecule has 4 rings (SSSR count). The van der Waals surface area contributed by atoms with Gasteiger partial charge in [-0.05, 0) is 36.0 Å². The Morgan fingerprint density at radius 2 is 1.69 bits per heavy atom. The Morgan fingerprint density at radius 1 is 1.00 bits per heavy atom. The van der Waals surface area contributed by atoms with Crippen molar-refractivity contribution >= 4 is 29.9 Å². The summed E-state index contributed by atoms with van der Waals surface area (Å²) in [7, 11) is 1.82. The molecule has 2 aliphatic rings. The second-order valence-corrected chi connectivity index (χ2v) is 7.58. The predicted octanol–water partition coefficient (Wildman–Crippen LogP) is 4.01. The van der Waals surface area contributed by atoms with Gasteiger partial charge >= 0.3 is 0 Å². The number of rotatable bonds is 7. The number of benzene rings is 2. The Balaban J connectivity index is 0.00000240. The van der Waals surface area contributed by atoms with Crippen LogP contribution >= 0.6 is 24.0 Å². The fourth-order valence-corrected chi connectivity index (χ4v) is 3.96. The molecule has 0 aliphatic carbocycles. The van der Waals surface area contributed by atoms with Crippen molar-refractivity contribution in [2.75, 3.05) is 7.05 Å². The van der Waals surface area contributed by atoms with Crippen LogP contribution in [0.15, 0.2) is 59.6 Å². The summed E-state index contributed by atoms with van der Waals surface area (Å²) in [6, 6.07) is 19.2. The molecular formula is C23H30IN3O2.